The van der Waals surface area contributed by atoms with Crippen molar-refractivity contribution >= 4 is 33.3 Å². The Morgan fingerprint density at radius 1 is 1.30 bits per heavy atom. The topological polar surface area (TPSA) is 87.7 Å². The van der Waals surface area contributed by atoms with Gasteiger partial charge >= 0.3 is 6.18 Å². The van der Waals surface area contributed by atoms with E-state index in [2.05, 4.69) is 20.5 Å². The fourth-order valence-electron chi connectivity index (χ4n) is 2.05. The number of amides is 1. The van der Waals surface area contributed by atoms with E-state index in [1.54, 1.807) is 0 Å². The maximum atomic E-state index is 12.9. The number of para-hydroxylation sites is 1. The van der Waals surface area contributed by atoms with E-state index in [4.69, 9.17) is 0 Å². The molecule has 1 aromatic carbocycles. The Morgan fingerprint density at radius 2 is 2.09 bits per heavy atom. The third kappa shape index (κ3) is 2.80. The van der Waals surface area contributed by atoms with Crippen LogP contribution in [-0.2, 0) is 6.18 Å². The van der Waals surface area contributed by atoms with Crippen LogP contribution in [0.15, 0.2) is 34.7 Å². The number of aromatic amines is 1. The Hall–Kier alpha value is -2.75. The number of benzene rings is 1. The van der Waals surface area contributed by atoms with E-state index in [0.717, 1.165) is 29.7 Å². The fraction of sp³-hybridized carbons (Fsp3) is 0.0769. The van der Waals surface area contributed by atoms with Gasteiger partial charge in [0.25, 0.3) is 5.91 Å². The van der Waals surface area contributed by atoms with Crippen LogP contribution in [0.5, 0.6) is 0 Å². The molecule has 3 aromatic rings. The van der Waals surface area contributed by atoms with Crippen LogP contribution in [-0.4, -0.2) is 21.1 Å². The summed E-state index contributed by atoms with van der Waals surface area (Å²) in [4.78, 5) is 26.7. The Bertz CT molecular complexity index is 935. The van der Waals surface area contributed by atoms with Gasteiger partial charge in [-0.15, -0.1) is 10.2 Å². The molecule has 0 spiro atoms. The molecule has 2 N–H and O–H groups in total. The molecule has 118 valence electrons. The van der Waals surface area contributed by atoms with Crippen molar-refractivity contribution in [3.05, 3.63) is 51.3 Å². The van der Waals surface area contributed by atoms with E-state index >= 15 is 0 Å². The van der Waals surface area contributed by atoms with Gasteiger partial charge in [-0.25, -0.2) is 0 Å². The van der Waals surface area contributed by atoms with E-state index in [1.165, 1.54) is 11.6 Å². The standard InChI is InChI=1S/C13H7F3N4O2S/c14-13(15,16)8-3-1-2-6-9(8)17-4-7(10(6)21)11(22)19-12-20-18-5-23-12/h1-5H,(H,17,21)(H,19,20,22). The number of anilines is 1. The fourth-order valence-corrected chi connectivity index (χ4v) is 2.49. The normalized spacial score (nSPS) is 11.6. The summed E-state index contributed by atoms with van der Waals surface area (Å²) in [6, 6.07) is 3.21. The highest BCUT2D eigenvalue weighted by atomic mass is 32.1. The number of hydrogen-bond donors (Lipinski definition) is 2. The quantitative estimate of drug-likeness (QED) is 0.751. The van der Waals surface area contributed by atoms with Crippen LogP contribution >= 0.6 is 11.3 Å². The zero-order valence-electron chi connectivity index (χ0n) is 11.1. The highest BCUT2D eigenvalue weighted by Crippen LogP contribution is 2.32. The predicted molar refractivity (Wildman–Crippen MR) is 77.4 cm³/mol. The van der Waals surface area contributed by atoms with Crippen molar-refractivity contribution in [3.8, 4) is 0 Å². The zero-order valence-corrected chi connectivity index (χ0v) is 12.0. The van der Waals surface area contributed by atoms with Gasteiger partial charge in [0.1, 0.15) is 11.1 Å². The number of pyridine rings is 1. The van der Waals surface area contributed by atoms with Crippen LogP contribution in [0.4, 0.5) is 18.3 Å². The molecule has 2 aromatic heterocycles. The third-order valence-corrected chi connectivity index (χ3v) is 3.65. The van der Waals surface area contributed by atoms with Gasteiger partial charge < -0.3 is 4.98 Å². The first-order chi connectivity index (χ1) is 10.9. The summed E-state index contributed by atoms with van der Waals surface area (Å²) in [5, 5.41) is 9.43. The van der Waals surface area contributed by atoms with Gasteiger partial charge in [0.15, 0.2) is 0 Å². The lowest BCUT2D eigenvalue weighted by Gasteiger charge is -2.10. The van der Waals surface area contributed by atoms with Crippen LogP contribution < -0.4 is 10.7 Å². The van der Waals surface area contributed by atoms with Crippen LogP contribution in [0.3, 0.4) is 0 Å². The first-order valence-electron chi connectivity index (χ1n) is 6.17. The second kappa shape index (κ2) is 5.47. The summed E-state index contributed by atoms with van der Waals surface area (Å²) in [5.41, 5.74) is -1.06. The smallest absolute Gasteiger partial charge is 0.360 e. The van der Waals surface area contributed by atoms with Crippen LogP contribution in [0, 0.1) is 0 Å². The lowest BCUT2D eigenvalue weighted by molar-refractivity contribution is -0.136. The molecule has 0 aliphatic rings. The van der Waals surface area contributed by atoms with Crippen molar-refractivity contribution in [2.75, 3.05) is 5.32 Å². The lowest BCUT2D eigenvalue weighted by atomic mass is 10.1. The average Bonchev–Trinajstić information content (AvgIpc) is 2.99. The first-order valence-corrected chi connectivity index (χ1v) is 7.05. The third-order valence-electron chi connectivity index (χ3n) is 3.05. The first kappa shape index (κ1) is 15.2. The Labute approximate surface area is 130 Å². The molecule has 6 nitrogen and oxygen atoms in total. The van der Waals surface area contributed by atoms with Gasteiger partial charge in [-0.2, -0.15) is 13.2 Å². The molecule has 0 atom stereocenters. The summed E-state index contributed by atoms with van der Waals surface area (Å²) in [7, 11) is 0. The summed E-state index contributed by atoms with van der Waals surface area (Å²) in [5.74, 6) is -0.776. The summed E-state index contributed by atoms with van der Waals surface area (Å²) in [6.45, 7) is 0. The van der Waals surface area contributed by atoms with Crippen molar-refractivity contribution in [1.29, 1.82) is 0 Å². The molecule has 0 fully saturated rings. The van der Waals surface area contributed by atoms with Crippen molar-refractivity contribution in [3.63, 3.8) is 0 Å². The molecule has 23 heavy (non-hydrogen) atoms. The minimum absolute atomic E-state index is 0.179. The number of carbonyl (C=O) groups excluding carboxylic acids is 1. The molecular formula is C13H7F3N4O2S. The summed E-state index contributed by atoms with van der Waals surface area (Å²) in [6.07, 6.45) is -3.66. The highest BCUT2D eigenvalue weighted by molar-refractivity contribution is 7.13. The van der Waals surface area contributed by atoms with Gasteiger partial charge in [-0.3, -0.25) is 14.9 Å². The minimum atomic E-state index is -4.61. The van der Waals surface area contributed by atoms with E-state index < -0.39 is 23.1 Å². The molecule has 0 unspecified atom stereocenters. The largest absolute Gasteiger partial charge is 0.418 e. The number of rotatable bonds is 2. The average molecular weight is 340 g/mol. The Morgan fingerprint density at radius 3 is 2.74 bits per heavy atom. The van der Waals surface area contributed by atoms with Crippen LogP contribution in [0.2, 0.25) is 0 Å². The number of fused-ring (bicyclic) bond motifs is 1. The Kier molecular flexibility index (Phi) is 3.60. The number of H-pyrrole nitrogens is 1. The number of carbonyl (C=O) groups is 1. The number of aromatic nitrogens is 3. The van der Waals surface area contributed by atoms with Crippen molar-refractivity contribution in [1.82, 2.24) is 15.2 Å². The van der Waals surface area contributed by atoms with Crippen LogP contribution in [0.1, 0.15) is 15.9 Å². The van der Waals surface area contributed by atoms with E-state index in [1.807, 2.05) is 0 Å². The maximum absolute atomic E-state index is 12.9. The molecule has 0 bridgehead atoms. The molecule has 1 amide bonds. The maximum Gasteiger partial charge on any atom is 0.418 e. The number of nitrogens with one attached hydrogen (secondary N) is 2. The molecule has 0 aliphatic heterocycles. The monoisotopic (exact) mass is 340 g/mol. The van der Waals surface area contributed by atoms with E-state index in [9.17, 15) is 22.8 Å². The molecular weight excluding hydrogens is 333 g/mol. The second-order valence-corrected chi connectivity index (χ2v) is 5.29. The number of nitrogens with zero attached hydrogens (tertiary/aromatic N) is 2. The van der Waals surface area contributed by atoms with Gasteiger partial charge in [0.05, 0.1) is 11.1 Å². The summed E-state index contributed by atoms with van der Waals surface area (Å²) < 4.78 is 38.8. The number of alkyl halides is 3. The molecule has 0 radical (unpaired) electrons. The van der Waals surface area contributed by atoms with Gasteiger partial charge in [0.2, 0.25) is 10.6 Å². The Balaban J connectivity index is 2.10. The summed E-state index contributed by atoms with van der Waals surface area (Å²) >= 11 is 1.05. The predicted octanol–water partition coefficient (Wildman–Crippen LogP) is 2.65. The van der Waals surface area contributed by atoms with Crippen molar-refractivity contribution in [2.45, 2.75) is 6.18 Å². The van der Waals surface area contributed by atoms with E-state index in [0.29, 0.717) is 0 Å². The van der Waals surface area contributed by atoms with Crippen LogP contribution in [0.25, 0.3) is 10.9 Å². The SMILES string of the molecule is O=C(Nc1nncs1)c1c[nH]c2c(C(F)(F)F)cccc2c1=O. The van der Waals surface area contributed by atoms with Gasteiger partial charge in [0, 0.05) is 11.6 Å². The number of hydrogen-bond acceptors (Lipinski definition) is 5. The van der Waals surface area contributed by atoms with Crippen molar-refractivity contribution < 1.29 is 18.0 Å². The molecule has 2 heterocycles. The molecule has 0 aliphatic carbocycles. The van der Waals surface area contributed by atoms with Crippen molar-refractivity contribution in [2.24, 2.45) is 0 Å². The second-order valence-electron chi connectivity index (χ2n) is 4.46. The lowest BCUT2D eigenvalue weighted by Crippen LogP contribution is -2.22. The van der Waals surface area contributed by atoms with Gasteiger partial charge in [-0.05, 0) is 12.1 Å². The van der Waals surface area contributed by atoms with Gasteiger partial charge in [-0.1, -0.05) is 17.4 Å². The van der Waals surface area contributed by atoms with E-state index in [-0.39, 0.29) is 21.6 Å². The molecule has 0 saturated carbocycles. The molecule has 3 rings (SSSR count). The number of halogens is 3. The highest BCUT2D eigenvalue weighted by Gasteiger charge is 2.33. The molecule has 10 heteroatoms. The minimum Gasteiger partial charge on any atom is -0.360 e. The zero-order chi connectivity index (χ0) is 16.6. The molecule has 0 saturated heterocycles.